The molecule has 5 aliphatic carbocycles. The van der Waals surface area contributed by atoms with Crippen molar-refractivity contribution in [2.75, 3.05) is 0 Å². The molecule has 5 unspecified atom stereocenters. The van der Waals surface area contributed by atoms with Crippen LogP contribution in [0.5, 0.6) is 11.5 Å². The number of benzene rings is 1. The number of hydrogen-bond donors (Lipinski definition) is 2. The molecule has 6 aliphatic rings. The summed E-state index contributed by atoms with van der Waals surface area (Å²) < 4.78 is 45.7. The Labute approximate surface area is 259 Å². The molecule has 6 nitrogen and oxygen atoms in total. The number of aromatic hydroxyl groups is 1. The molecule has 5 fully saturated rings. The molecule has 240 valence electrons. The van der Waals surface area contributed by atoms with Crippen LogP contribution in [-0.4, -0.2) is 29.8 Å². The predicted molar refractivity (Wildman–Crippen MR) is 167 cm³/mol. The normalized spacial score (nSPS) is 48.4. The Morgan fingerprint density at radius 2 is 1.37 bits per heavy atom. The first kappa shape index (κ1) is 30.3. The summed E-state index contributed by atoms with van der Waals surface area (Å²) in [7, 11) is -4.67. The van der Waals surface area contributed by atoms with Crippen molar-refractivity contribution in [3.63, 3.8) is 0 Å². The van der Waals surface area contributed by atoms with Crippen molar-refractivity contribution in [2.24, 2.45) is 45.3 Å². The van der Waals surface area contributed by atoms with E-state index < -0.39 is 10.4 Å². The molecule has 1 heterocycles. The van der Waals surface area contributed by atoms with E-state index in [0.29, 0.717) is 35.7 Å². The van der Waals surface area contributed by atoms with Gasteiger partial charge in [-0.05, 0) is 135 Å². The third kappa shape index (κ3) is 4.11. The van der Waals surface area contributed by atoms with Crippen LogP contribution >= 0.6 is 0 Å². The molecule has 0 aromatic heterocycles. The van der Waals surface area contributed by atoms with Crippen molar-refractivity contribution < 1.29 is 27.0 Å². The fraction of sp³-hybridized carbons (Fsp3) is 0.833. The fourth-order valence-electron chi connectivity index (χ4n) is 13.6. The average Bonchev–Trinajstić information content (AvgIpc) is 3.15. The zero-order valence-corrected chi connectivity index (χ0v) is 28.3. The van der Waals surface area contributed by atoms with E-state index in [1.54, 1.807) is 0 Å². The number of fused-ring (bicyclic) bond motifs is 10. The topological polar surface area (TPSA) is 93.1 Å². The molecule has 1 saturated heterocycles. The molecule has 0 bridgehead atoms. The van der Waals surface area contributed by atoms with Crippen LogP contribution in [0.3, 0.4) is 0 Å². The molecular formula is C36H54O6S. The number of hydrogen-bond acceptors (Lipinski definition) is 5. The van der Waals surface area contributed by atoms with Crippen molar-refractivity contribution >= 4 is 10.4 Å². The van der Waals surface area contributed by atoms with Crippen LogP contribution in [0.1, 0.15) is 130 Å². The Kier molecular flexibility index (Phi) is 6.46. The van der Waals surface area contributed by atoms with Crippen LogP contribution < -0.4 is 4.18 Å². The molecule has 4 saturated carbocycles. The van der Waals surface area contributed by atoms with Crippen LogP contribution in [0.4, 0.5) is 0 Å². The molecule has 10 atom stereocenters. The van der Waals surface area contributed by atoms with Crippen molar-refractivity contribution in [3.8, 4) is 11.5 Å². The van der Waals surface area contributed by atoms with Gasteiger partial charge in [0.2, 0.25) is 0 Å². The largest absolute Gasteiger partial charge is 0.508 e. The highest BCUT2D eigenvalue weighted by Crippen LogP contribution is 2.75. The summed E-state index contributed by atoms with van der Waals surface area (Å²) >= 11 is 0. The quantitative estimate of drug-likeness (QED) is 0.325. The molecule has 7 rings (SSSR count). The van der Waals surface area contributed by atoms with E-state index in [9.17, 15) is 18.1 Å². The minimum Gasteiger partial charge on any atom is -0.508 e. The summed E-state index contributed by atoms with van der Waals surface area (Å²) in [5.41, 5.74) is 1.98. The lowest BCUT2D eigenvalue weighted by Crippen LogP contribution is -2.64. The van der Waals surface area contributed by atoms with Crippen molar-refractivity contribution in [2.45, 2.75) is 143 Å². The van der Waals surface area contributed by atoms with E-state index in [4.69, 9.17) is 8.92 Å². The van der Waals surface area contributed by atoms with Crippen LogP contribution in [0, 0.1) is 45.3 Å². The number of phenolic OH excluding ortho intramolecular Hbond substituents is 1. The molecule has 0 radical (unpaired) electrons. The minimum absolute atomic E-state index is 0.0206. The minimum atomic E-state index is -4.67. The fourth-order valence-corrected chi connectivity index (χ4v) is 14.0. The molecule has 0 spiro atoms. The van der Waals surface area contributed by atoms with Gasteiger partial charge in [-0.1, -0.05) is 48.0 Å². The number of ether oxygens (including phenoxy) is 1. The van der Waals surface area contributed by atoms with Crippen LogP contribution in [-0.2, 0) is 27.0 Å². The highest BCUT2D eigenvalue weighted by molar-refractivity contribution is 7.81. The summed E-state index contributed by atoms with van der Waals surface area (Å²) in [4.78, 5) is 0. The van der Waals surface area contributed by atoms with E-state index in [2.05, 4.69) is 48.5 Å². The van der Waals surface area contributed by atoms with E-state index >= 15 is 0 Å². The molecule has 2 N–H and O–H groups in total. The third-order valence-corrected chi connectivity index (χ3v) is 15.7. The van der Waals surface area contributed by atoms with Gasteiger partial charge in [-0.2, -0.15) is 8.42 Å². The molecule has 1 aromatic carbocycles. The van der Waals surface area contributed by atoms with Gasteiger partial charge in [0.15, 0.2) is 0 Å². The van der Waals surface area contributed by atoms with Gasteiger partial charge < -0.3 is 14.0 Å². The zero-order chi connectivity index (χ0) is 31.0. The SMILES string of the molecule is CC1(C)CCC[C@]2(C)OC3CC[C@@]4(C)C(CC[C@]5(C)C4CC[C@]4(C)c6c(OS(=O)(=O)O)ccc(O)c6CC54)[C@]3(C)CCC12. The molecule has 1 aromatic rings. The van der Waals surface area contributed by atoms with E-state index in [1.165, 1.54) is 57.1 Å². The third-order valence-electron chi connectivity index (χ3n) is 15.3. The van der Waals surface area contributed by atoms with E-state index in [-0.39, 0.29) is 44.7 Å². The molecule has 1 aliphatic heterocycles. The second kappa shape index (κ2) is 9.15. The van der Waals surface area contributed by atoms with Gasteiger partial charge in [0, 0.05) is 16.5 Å². The summed E-state index contributed by atoms with van der Waals surface area (Å²) in [5.74, 6) is 2.41. The van der Waals surface area contributed by atoms with Gasteiger partial charge in [0.25, 0.3) is 0 Å². The highest BCUT2D eigenvalue weighted by Gasteiger charge is 2.69. The average molecular weight is 615 g/mol. The lowest BCUT2D eigenvalue weighted by atomic mass is 9.36. The molecular weight excluding hydrogens is 560 g/mol. The van der Waals surface area contributed by atoms with Crippen molar-refractivity contribution in [1.29, 1.82) is 0 Å². The Morgan fingerprint density at radius 3 is 2.09 bits per heavy atom. The predicted octanol–water partition coefficient (Wildman–Crippen LogP) is 8.40. The maximum Gasteiger partial charge on any atom is 0.446 e. The van der Waals surface area contributed by atoms with Gasteiger partial charge in [0.1, 0.15) is 11.5 Å². The number of phenols is 1. The maximum absolute atomic E-state index is 11.8. The Morgan fingerprint density at radius 1 is 0.767 bits per heavy atom. The Hall–Kier alpha value is -1.31. The van der Waals surface area contributed by atoms with Crippen LogP contribution in [0.25, 0.3) is 0 Å². The molecule has 43 heavy (non-hydrogen) atoms. The van der Waals surface area contributed by atoms with Crippen molar-refractivity contribution in [3.05, 3.63) is 23.3 Å². The smallest absolute Gasteiger partial charge is 0.446 e. The maximum atomic E-state index is 11.8. The summed E-state index contributed by atoms with van der Waals surface area (Å²) in [6, 6.07) is 3.03. The standard InChI is InChI=1S/C36H54O6S/c1-31(2)15-8-16-36(7)25(31)11-18-34(5)27-12-17-33(4)26(32(27,3)20-14-29(34)41-36)13-19-35(6)28(33)21-22-23(37)9-10-24(30(22)35)42-43(38,39)40/h9-10,25-29,37H,8,11-21H2,1-7H3,(H,38,39,40)/t25?,26?,27?,28?,29?,32-,33-,34+,35+,36+/m1/s1. The van der Waals surface area contributed by atoms with Gasteiger partial charge in [0.05, 0.1) is 11.7 Å². The first-order chi connectivity index (χ1) is 19.9. The lowest BCUT2D eigenvalue weighted by Gasteiger charge is -2.69. The second-order valence-corrected chi connectivity index (χ2v) is 18.7. The first-order valence-electron chi connectivity index (χ1n) is 17.1. The van der Waals surface area contributed by atoms with Gasteiger partial charge in [-0.25, -0.2) is 0 Å². The van der Waals surface area contributed by atoms with Gasteiger partial charge in [-0.15, -0.1) is 0 Å². The van der Waals surface area contributed by atoms with E-state index in [1.807, 2.05) is 0 Å². The lowest BCUT2D eigenvalue weighted by molar-refractivity contribution is -0.240. The molecule has 7 heteroatoms. The summed E-state index contributed by atoms with van der Waals surface area (Å²) in [6.45, 7) is 17.3. The Bertz CT molecular complexity index is 1440. The first-order valence-corrected chi connectivity index (χ1v) is 18.4. The Balaban J connectivity index is 1.23. The van der Waals surface area contributed by atoms with Gasteiger partial charge >= 0.3 is 10.4 Å². The zero-order valence-electron chi connectivity index (χ0n) is 27.5. The summed E-state index contributed by atoms with van der Waals surface area (Å²) in [6.07, 6.45) is 13.9. The van der Waals surface area contributed by atoms with Crippen molar-refractivity contribution in [1.82, 2.24) is 0 Å². The second-order valence-electron chi connectivity index (χ2n) is 17.7. The monoisotopic (exact) mass is 614 g/mol. The highest BCUT2D eigenvalue weighted by atomic mass is 32.3. The van der Waals surface area contributed by atoms with Gasteiger partial charge in [-0.3, -0.25) is 4.55 Å². The summed E-state index contributed by atoms with van der Waals surface area (Å²) in [5, 5.41) is 11.0. The van der Waals surface area contributed by atoms with E-state index in [0.717, 1.165) is 36.8 Å². The molecule has 0 amide bonds. The van der Waals surface area contributed by atoms with Crippen LogP contribution in [0.15, 0.2) is 12.1 Å². The van der Waals surface area contributed by atoms with Crippen LogP contribution in [0.2, 0.25) is 0 Å². The number of rotatable bonds is 2.